The van der Waals surface area contributed by atoms with Gasteiger partial charge in [0.25, 0.3) is 13.4 Å². The van der Waals surface area contributed by atoms with Crippen molar-refractivity contribution >= 4 is 153 Å². The second kappa shape index (κ2) is 23.4. The summed E-state index contributed by atoms with van der Waals surface area (Å²) in [7, 11) is 0. The van der Waals surface area contributed by atoms with E-state index in [1.807, 2.05) is 0 Å². The zero-order chi connectivity index (χ0) is 65.8. The Hall–Kier alpha value is -13.0. The van der Waals surface area contributed by atoms with Gasteiger partial charge in [0.1, 0.15) is 11.5 Å². The zero-order valence-corrected chi connectivity index (χ0v) is 54.5. The fourth-order valence-corrected chi connectivity index (χ4v) is 16.7. The van der Waals surface area contributed by atoms with Gasteiger partial charge in [-0.05, 0) is 192 Å². The molecule has 0 aromatic heterocycles. The fraction of sp³-hybridized carbons (Fsp3) is 0. The number of benzene rings is 16. The molecular formula is C92H61B2N5O. The molecule has 16 aromatic rings. The van der Waals surface area contributed by atoms with E-state index in [2.05, 4.69) is 395 Å². The van der Waals surface area contributed by atoms with Crippen molar-refractivity contribution in [2.75, 3.05) is 24.5 Å². The molecular weight excluding hydrogens is 1210 g/mol. The van der Waals surface area contributed by atoms with Crippen LogP contribution in [0.3, 0.4) is 0 Å². The minimum atomic E-state index is -0.219. The number of para-hydroxylation sites is 8. The third-order valence-electron chi connectivity index (χ3n) is 20.7. The van der Waals surface area contributed by atoms with Gasteiger partial charge in [-0.15, -0.1) is 0 Å². The molecule has 100 heavy (non-hydrogen) atoms. The van der Waals surface area contributed by atoms with Crippen LogP contribution in [-0.4, -0.2) is 13.4 Å². The first-order chi connectivity index (χ1) is 49.7. The number of rotatable bonds is 11. The van der Waals surface area contributed by atoms with Gasteiger partial charge in [-0.3, -0.25) is 0 Å². The smallest absolute Gasteiger partial charge is 0.256 e. The van der Waals surface area contributed by atoms with Crippen molar-refractivity contribution in [3.63, 3.8) is 0 Å². The molecule has 0 fully saturated rings. The molecule has 8 heteroatoms. The van der Waals surface area contributed by atoms with Crippen molar-refractivity contribution in [1.29, 1.82) is 0 Å². The van der Waals surface area contributed by atoms with Crippen LogP contribution in [0.15, 0.2) is 370 Å². The van der Waals surface area contributed by atoms with Crippen molar-refractivity contribution in [1.82, 2.24) is 0 Å². The molecule has 0 unspecified atom stereocenters. The topological polar surface area (TPSA) is 25.4 Å². The van der Waals surface area contributed by atoms with E-state index < -0.39 is 0 Å². The molecule has 4 aliphatic rings. The summed E-state index contributed by atoms with van der Waals surface area (Å²) < 4.78 is 7.89. The quantitative estimate of drug-likeness (QED) is 0.0946. The highest BCUT2D eigenvalue weighted by Crippen LogP contribution is 2.52. The molecule has 0 bridgehead atoms. The normalized spacial score (nSPS) is 12.8. The van der Waals surface area contributed by atoms with Gasteiger partial charge < -0.3 is 29.2 Å². The lowest BCUT2D eigenvalue weighted by atomic mass is 9.30. The summed E-state index contributed by atoms with van der Waals surface area (Å²) in [6, 6.07) is 136. The monoisotopic (exact) mass is 1270 g/mol. The summed E-state index contributed by atoms with van der Waals surface area (Å²) in [5.41, 5.74) is 27.8. The Morgan fingerprint density at radius 3 is 1.06 bits per heavy atom. The first-order valence-electron chi connectivity index (χ1n) is 34.5. The standard InChI is InChI=1S/C92H61B2N5O/c1-8-31-62(32-9-1)89-73-47-22-24-49-75(73)90(76-50-25-23-48-74(76)89)63-33-30-46-70(55-63)99-83-61-87-80(94-78-52-27-29-54-82(78)98(69-44-20-7-21-45-69)86-58-72(59-88(100-87)92(86)94)96(66-38-14-4-15-39-66)67-40-16-5-17-41-67)60-79(83)93-77-51-26-28-53-81(77)97(68-42-18-6-19-43-68)84-56-71(57-85(99)91(84)93)95(64-34-10-2-11-35-64)65-36-12-3-13-37-65/h1-61H. The lowest BCUT2D eigenvalue weighted by molar-refractivity contribution is 0.488. The number of hydrogen-bond acceptors (Lipinski definition) is 6. The lowest BCUT2D eigenvalue weighted by Gasteiger charge is -2.46. The molecule has 0 saturated carbocycles. The van der Waals surface area contributed by atoms with E-state index in [1.54, 1.807) is 0 Å². The van der Waals surface area contributed by atoms with E-state index in [0.29, 0.717) is 0 Å². The van der Waals surface area contributed by atoms with Crippen molar-refractivity contribution in [2.24, 2.45) is 0 Å². The highest BCUT2D eigenvalue weighted by molar-refractivity contribution is 7.02. The van der Waals surface area contributed by atoms with Crippen LogP contribution >= 0.6 is 0 Å². The lowest BCUT2D eigenvalue weighted by Crippen LogP contribution is -2.64. The highest BCUT2D eigenvalue weighted by atomic mass is 16.5. The molecule has 4 aliphatic heterocycles. The van der Waals surface area contributed by atoms with Crippen LogP contribution in [0.25, 0.3) is 43.8 Å². The molecule has 16 aromatic carbocycles. The van der Waals surface area contributed by atoms with Gasteiger partial charge in [0.2, 0.25) is 0 Å². The minimum absolute atomic E-state index is 0.212. The number of hydrogen-bond donors (Lipinski definition) is 0. The third kappa shape index (κ3) is 9.07. The molecule has 0 radical (unpaired) electrons. The Balaban J connectivity index is 0.886. The molecule has 6 nitrogen and oxygen atoms in total. The van der Waals surface area contributed by atoms with Gasteiger partial charge in [0.15, 0.2) is 0 Å². The van der Waals surface area contributed by atoms with Crippen LogP contribution < -0.4 is 62.0 Å². The summed E-state index contributed by atoms with van der Waals surface area (Å²) in [5.74, 6) is 1.63. The van der Waals surface area contributed by atoms with Crippen molar-refractivity contribution in [3.05, 3.63) is 370 Å². The molecule has 20 rings (SSSR count). The molecule has 0 spiro atoms. The maximum absolute atomic E-state index is 7.89. The molecule has 0 atom stereocenters. The molecule has 0 aliphatic carbocycles. The van der Waals surface area contributed by atoms with Gasteiger partial charge in [0.05, 0.1) is 11.4 Å². The van der Waals surface area contributed by atoms with Crippen LogP contribution in [-0.2, 0) is 0 Å². The number of anilines is 15. The van der Waals surface area contributed by atoms with Crippen LogP contribution in [0.5, 0.6) is 11.5 Å². The van der Waals surface area contributed by atoms with Gasteiger partial charge in [0, 0.05) is 86.1 Å². The van der Waals surface area contributed by atoms with E-state index >= 15 is 0 Å². The molecule has 4 heterocycles. The Labute approximate surface area is 582 Å². The predicted molar refractivity (Wildman–Crippen MR) is 422 cm³/mol. The first-order valence-corrected chi connectivity index (χ1v) is 34.5. The van der Waals surface area contributed by atoms with Crippen LogP contribution in [0.1, 0.15) is 0 Å². The zero-order valence-electron chi connectivity index (χ0n) is 54.5. The minimum Gasteiger partial charge on any atom is -0.458 e. The number of ether oxygens (including phenoxy) is 1. The van der Waals surface area contributed by atoms with Crippen molar-refractivity contribution < 1.29 is 4.74 Å². The largest absolute Gasteiger partial charge is 0.458 e. The van der Waals surface area contributed by atoms with Crippen molar-refractivity contribution in [2.45, 2.75) is 0 Å². The van der Waals surface area contributed by atoms with Crippen molar-refractivity contribution in [3.8, 4) is 33.8 Å². The van der Waals surface area contributed by atoms with Gasteiger partial charge in [-0.1, -0.05) is 243 Å². The molecule has 466 valence electrons. The number of fused-ring (bicyclic) bond motifs is 10. The summed E-state index contributed by atoms with van der Waals surface area (Å²) in [6.07, 6.45) is 0. The Bertz CT molecular complexity index is 5730. The van der Waals surface area contributed by atoms with Gasteiger partial charge >= 0.3 is 0 Å². The average molecular weight is 1270 g/mol. The SMILES string of the molecule is c1ccc(-c2c3ccccc3c(-c3cccc(N4c5cc6c(cc5B5c7ccccc7N(c7ccccc7)c7cc(N(c8ccccc8)c8ccccc8)cc4c75)B4c5ccccc5N(c5ccccc5)c5cc(N(c7ccccc7)c7ccccc7)cc(c54)O6)c3)c3ccccc23)cc1. The van der Waals surface area contributed by atoms with E-state index in [4.69, 9.17) is 4.74 Å². The fourth-order valence-electron chi connectivity index (χ4n) is 16.7. The number of nitrogens with zero attached hydrogens (tertiary/aromatic N) is 5. The van der Waals surface area contributed by atoms with Crippen LogP contribution in [0.2, 0.25) is 0 Å². The molecule has 0 amide bonds. The first kappa shape index (κ1) is 57.2. The van der Waals surface area contributed by atoms with Gasteiger partial charge in [-0.25, -0.2) is 0 Å². The Kier molecular flexibility index (Phi) is 13.4. The molecule has 0 N–H and O–H groups in total. The summed E-state index contributed by atoms with van der Waals surface area (Å²) >= 11 is 0. The summed E-state index contributed by atoms with van der Waals surface area (Å²) in [4.78, 5) is 12.3. The predicted octanol–water partition coefficient (Wildman–Crippen LogP) is 20.8. The van der Waals surface area contributed by atoms with E-state index in [1.165, 1.54) is 60.1 Å². The van der Waals surface area contributed by atoms with Crippen LogP contribution in [0, 0.1) is 0 Å². The van der Waals surface area contributed by atoms with Gasteiger partial charge in [-0.2, -0.15) is 0 Å². The van der Waals surface area contributed by atoms with E-state index in [-0.39, 0.29) is 13.4 Å². The Morgan fingerprint density at radius 2 is 0.580 bits per heavy atom. The van der Waals surface area contributed by atoms with Crippen LogP contribution in [0.4, 0.5) is 85.3 Å². The maximum atomic E-state index is 7.89. The second-order valence-corrected chi connectivity index (χ2v) is 26.3. The second-order valence-electron chi connectivity index (χ2n) is 26.3. The molecule has 0 saturated heterocycles. The average Bonchev–Trinajstić information content (AvgIpc) is 0.689. The highest BCUT2D eigenvalue weighted by Gasteiger charge is 2.48. The maximum Gasteiger partial charge on any atom is 0.256 e. The summed E-state index contributed by atoms with van der Waals surface area (Å²) in [6.45, 7) is -0.431. The third-order valence-corrected chi connectivity index (χ3v) is 20.7. The Morgan fingerprint density at radius 1 is 0.220 bits per heavy atom. The summed E-state index contributed by atoms with van der Waals surface area (Å²) in [5, 5.41) is 4.82. The van der Waals surface area contributed by atoms with E-state index in [0.717, 1.165) is 113 Å². The van der Waals surface area contributed by atoms with E-state index in [9.17, 15) is 0 Å².